The first-order chi connectivity index (χ1) is 20.1. The number of hydrogen-bond donors (Lipinski definition) is 4. The average Bonchev–Trinajstić information content (AvgIpc) is 2.95. The van der Waals surface area contributed by atoms with Gasteiger partial charge < -0.3 is 26.4 Å². The summed E-state index contributed by atoms with van der Waals surface area (Å²) in [4.78, 5) is 31.2. The van der Waals surface area contributed by atoms with Gasteiger partial charge in [-0.25, -0.2) is 4.98 Å². The van der Waals surface area contributed by atoms with Crippen molar-refractivity contribution < 1.29 is 27.6 Å². The normalized spacial score (nSPS) is 17.7. The molecule has 1 aliphatic rings. The highest BCUT2D eigenvalue weighted by Gasteiger charge is 2.32. The molecule has 11 nitrogen and oxygen atoms in total. The van der Waals surface area contributed by atoms with Crippen LogP contribution in [0.3, 0.4) is 0 Å². The van der Waals surface area contributed by atoms with Crippen molar-refractivity contribution in [2.75, 3.05) is 17.2 Å². The second kappa shape index (κ2) is 13.9. The number of benzene rings is 2. The number of rotatable bonds is 13. The summed E-state index contributed by atoms with van der Waals surface area (Å²) < 4.78 is 42.2. The Kier molecular flexibility index (Phi) is 10.1. The molecule has 3 aromatic rings. The number of ether oxygens (including phenoxy) is 1. The molecule has 1 saturated carbocycles. The molecular formula is C28H32F3N7O4. The minimum atomic E-state index is -4.85. The Balaban J connectivity index is 1.32. The second-order valence-electron chi connectivity index (χ2n) is 10.1. The predicted octanol–water partition coefficient (Wildman–Crippen LogP) is 4.55. The predicted molar refractivity (Wildman–Crippen MR) is 150 cm³/mol. The van der Waals surface area contributed by atoms with E-state index in [-0.39, 0.29) is 47.3 Å². The molecule has 2 aromatic carbocycles. The number of amides is 1. The first-order valence-electron chi connectivity index (χ1n) is 13.5. The molecule has 1 heterocycles. The summed E-state index contributed by atoms with van der Waals surface area (Å²) in [5.41, 5.74) is 6.55. The number of nitrogens with one attached hydrogen (secondary N) is 3. The van der Waals surface area contributed by atoms with Crippen LogP contribution in [0.1, 0.15) is 36.8 Å². The van der Waals surface area contributed by atoms with Gasteiger partial charge in [0.1, 0.15) is 11.9 Å². The van der Waals surface area contributed by atoms with Gasteiger partial charge in [-0.2, -0.15) is 4.98 Å². The molecule has 0 aliphatic heterocycles. The van der Waals surface area contributed by atoms with E-state index in [1.807, 2.05) is 30.3 Å². The lowest BCUT2D eigenvalue weighted by Gasteiger charge is -2.31. The van der Waals surface area contributed by atoms with E-state index in [1.54, 1.807) is 6.07 Å². The number of carbonyl (C=O) groups is 1. The molecule has 1 fully saturated rings. The molecular weight excluding hydrogens is 555 g/mol. The zero-order valence-electron chi connectivity index (χ0n) is 22.6. The molecule has 0 bridgehead atoms. The van der Waals surface area contributed by atoms with Gasteiger partial charge in [-0.15, -0.1) is 13.2 Å². The van der Waals surface area contributed by atoms with E-state index in [9.17, 15) is 28.1 Å². The van der Waals surface area contributed by atoms with Crippen molar-refractivity contribution in [1.82, 2.24) is 15.3 Å². The molecule has 42 heavy (non-hydrogen) atoms. The van der Waals surface area contributed by atoms with Crippen molar-refractivity contribution in [2.45, 2.75) is 57.1 Å². The molecule has 1 aromatic heterocycles. The lowest BCUT2D eigenvalue weighted by atomic mass is 9.85. The topological polar surface area (TPSA) is 157 Å². The van der Waals surface area contributed by atoms with Crippen LogP contribution in [-0.4, -0.2) is 45.8 Å². The van der Waals surface area contributed by atoms with Crippen LogP contribution < -0.4 is 26.4 Å². The third kappa shape index (κ3) is 9.03. The van der Waals surface area contributed by atoms with Crippen LogP contribution in [0.15, 0.2) is 60.8 Å². The number of halogens is 3. The molecule has 0 unspecified atom stereocenters. The highest BCUT2D eigenvalue weighted by atomic mass is 19.4. The van der Waals surface area contributed by atoms with Gasteiger partial charge >= 0.3 is 12.0 Å². The summed E-state index contributed by atoms with van der Waals surface area (Å²) in [5, 5.41) is 20.8. The highest BCUT2D eigenvalue weighted by Crippen LogP contribution is 2.29. The van der Waals surface area contributed by atoms with Crippen molar-refractivity contribution in [2.24, 2.45) is 11.7 Å². The van der Waals surface area contributed by atoms with Crippen LogP contribution in [0, 0.1) is 16.0 Å². The number of nitrogens with two attached hydrogens (primary N) is 1. The smallest absolute Gasteiger partial charge is 0.405 e. The molecule has 0 saturated heterocycles. The van der Waals surface area contributed by atoms with Crippen molar-refractivity contribution in [3.05, 3.63) is 82.0 Å². The van der Waals surface area contributed by atoms with Crippen LogP contribution in [0.2, 0.25) is 0 Å². The van der Waals surface area contributed by atoms with Gasteiger partial charge in [0.05, 0.1) is 11.0 Å². The van der Waals surface area contributed by atoms with Crippen LogP contribution in [0.4, 0.5) is 30.6 Å². The SMILES string of the molecule is NC(=O)[C@H](Cc1ccccc1)NC1CCC(CNc2nc(NCc3ccccc3OC(F)(F)F)ncc2[N+](=O)[O-])CC1. The Morgan fingerprint density at radius 3 is 2.43 bits per heavy atom. The molecule has 4 rings (SSSR count). The van der Waals surface area contributed by atoms with E-state index in [4.69, 9.17) is 5.73 Å². The van der Waals surface area contributed by atoms with Crippen molar-refractivity contribution in [3.8, 4) is 5.75 Å². The van der Waals surface area contributed by atoms with Gasteiger partial charge in [-0.3, -0.25) is 14.9 Å². The van der Waals surface area contributed by atoms with Crippen molar-refractivity contribution >= 4 is 23.4 Å². The molecule has 0 radical (unpaired) electrons. The fraction of sp³-hybridized carbons (Fsp3) is 0.393. The summed E-state index contributed by atoms with van der Waals surface area (Å²) in [6.45, 7) is 0.326. The maximum Gasteiger partial charge on any atom is 0.573 e. The van der Waals surface area contributed by atoms with Gasteiger partial charge in [0, 0.05) is 24.7 Å². The number of nitrogens with zero attached hydrogens (tertiary/aromatic N) is 3. The molecule has 5 N–H and O–H groups in total. The third-order valence-corrected chi connectivity index (χ3v) is 7.07. The Bertz CT molecular complexity index is 1350. The summed E-state index contributed by atoms with van der Waals surface area (Å²) in [6, 6.07) is 14.9. The van der Waals surface area contributed by atoms with Crippen LogP contribution in [0.25, 0.3) is 0 Å². The van der Waals surface area contributed by atoms with Crippen molar-refractivity contribution in [3.63, 3.8) is 0 Å². The Labute approximate surface area is 240 Å². The second-order valence-corrected chi connectivity index (χ2v) is 10.1. The van der Waals surface area contributed by atoms with E-state index in [1.165, 1.54) is 18.2 Å². The Hall–Kier alpha value is -4.46. The maximum absolute atomic E-state index is 12.7. The highest BCUT2D eigenvalue weighted by molar-refractivity contribution is 5.80. The van der Waals surface area contributed by atoms with Crippen molar-refractivity contribution in [1.29, 1.82) is 0 Å². The molecule has 0 spiro atoms. The number of alkyl halides is 3. The monoisotopic (exact) mass is 587 g/mol. The van der Waals surface area contributed by atoms with Crippen LogP contribution in [0.5, 0.6) is 5.75 Å². The Morgan fingerprint density at radius 1 is 1.07 bits per heavy atom. The van der Waals surface area contributed by atoms with Crippen LogP contribution >= 0.6 is 0 Å². The van der Waals surface area contributed by atoms with Gasteiger partial charge in [0.2, 0.25) is 17.7 Å². The number of carbonyl (C=O) groups excluding carboxylic acids is 1. The quantitative estimate of drug-likeness (QED) is 0.166. The fourth-order valence-electron chi connectivity index (χ4n) is 4.92. The minimum Gasteiger partial charge on any atom is -0.405 e. The number of primary amides is 1. The third-order valence-electron chi connectivity index (χ3n) is 7.07. The first kappa shape index (κ1) is 30.5. The number of nitro groups is 1. The first-order valence-corrected chi connectivity index (χ1v) is 13.5. The number of para-hydroxylation sites is 1. The van der Waals surface area contributed by atoms with Crippen LogP contribution in [-0.2, 0) is 17.8 Å². The summed E-state index contributed by atoms with van der Waals surface area (Å²) >= 11 is 0. The number of aromatic nitrogens is 2. The number of anilines is 2. The molecule has 224 valence electrons. The van der Waals surface area contributed by atoms with Gasteiger partial charge in [-0.05, 0) is 49.7 Å². The van der Waals surface area contributed by atoms with Gasteiger partial charge in [-0.1, -0.05) is 48.5 Å². The summed E-state index contributed by atoms with van der Waals surface area (Å²) in [5.74, 6) is -0.547. The zero-order chi connectivity index (χ0) is 30.1. The number of hydrogen-bond acceptors (Lipinski definition) is 9. The maximum atomic E-state index is 12.7. The van der Waals surface area contributed by atoms with E-state index in [0.29, 0.717) is 13.0 Å². The van der Waals surface area contributed by atoms with E-state index in [2.05, 4.69) is 30.7 Å². The van der Waals surface area contributed by atoms with Gasteiger partial charge in [0.25, 0.3) is 0 Å². The lowest BCUT2D eigenvalue weighted by molar-refractivity contribution is -0.384. The standard InChI is InChI=1S/C28H32F3N7O4/c29-28(30,31)42-24-9-5-4-8-20(24)16-34-27-35-17-23(38(40)41)26(37-27)33-15-19-10-12-21(13-11-19)36-22(25(32)39)14-18-6-2-1-3-7-18/h1-9,17,19,21-22,36H,10-16H2,(H2,32,39)(H2,33,34,35,37)/t19?,21?,22-/m0/s1. The fourth-order valence-corrected chi connectivity index (χ4v) is 4.92. The van der Waals surface area contributed by atoms with E-state index in [0.717, 1.165) is 37.4 Å². The molecule has 1 aliphatic carbocycles. The largest absolute Gasteiger partial charge is 0.573 e. The van der Waals surface area contributed by atoms with E-state index < -0.39 is 23.2 Å². The molecule has 14 heteroatoms. The zero-order valence-corrected chi connectivity index (χ0v) is 22.6. The molecule has 1 amide bonds. The molecule has 1 atom stereocenters. The van der Waals surface area contributed by atoms with E-state index >= 15 is 0 Å². The minimum absolute atomic E-state index is 0.00808. The lowest BCUT2D eigenvalue weighted by Crippen LogP contribution is -2.49. The summed E-state index contributed by atoms with van der Waals surface area (Å²) in [6.07, 6.45) is -0.0352. The summed E-state index contributed by atoms with van der Waals surface area (Å²) in [7, 11) is 0. The Morgan fingerprint density at radius 2 is 1.76 bits per heavy atom. The average molecular weight is 588 g/mol. The van der Waals surface area contributed by atoms with Gasteiger partial charge in [0.15, 0.2) is 0 Å².